The third-order valence-electron chi connectivity index (χ3n) is 2.05. The number of hydrogen-bond donors (Lipinski definition) is 1. The highest BCUT2D eigenvalue weighted by Crippen LogP contribution is 2.32. The zero-order valence-corrected chi connectivity index (χ0v) is 11.3. The van der Waals surface area contributed by atoms with E-state index in [4.69, 9.17) is 34.8 Å². The van der Waals surface area contributed by atoms with Crippen molar-refractivity contribution >= 4 is 40.9 Å². The van der Waals surface area contributed by atoms with Crippen molar-refractivity contribution in [2.24, 2.45) is 0 Å². The van der Waals surface area contributed by atoms with Crippen molar-refractivity contribution in [3.8, 4) is 0 Å². The van der Waals surface area contributed by atoms with E-state index < -0.39 is 0 Å². The van der Waals surface area contributed by atoms with Crippen molar-refractivity contribution < 1.29 is 0 Å². The summed E-state index contributed by atoms with van der Waals surface area (Å²) in [6.07, 6.45) is 4.99. The molecule has 4 heteroatoms. The molecule has 1 rings (SSSR count). The van der Waals surface area contributed by atoms with Crippen LogP contribution in [0.15, 0.2) is 18.2 Å². The summed E-state index contributed by atoms with van der Waals surface area (Å²) >= 11 is 18.0. The second-order valence-electron chi connectivity index (χ2n) is 3.36. The Kier molecular flexibility index (Phi) is 6.22. The van der Waals surface area contributed by atoms with Crippen LogP contribution in [0.25, 0.3) is 6.08 Å². The van der Waals surface area contributed by atoms with E-state index >= 15 is 0 Å². The van der Waals surface area contributed by atoms with Crippen LogP contribution in [-0.4, -0.2) is 13.1 Å². The second-order valence-corrected chi connectivity index (χ2v) is 4.56. The lowest BCUT2D eigenvalue weighted by atomic mass is 10.2. The fraction of sp³-hybridized carbons (Fsp3) is 0.333. The molecule has 0 fully saturated rings. The van der Waals surface area contributed by atoms with Crippen LogP contribution in [0.1, 0.15) is 18.9 Å². The standard InChI is InChI=1S/C12H14Cl3N/c1-2-7-16-8-3-4-9-10(13)5-6-11(14)12(9)15/h3-6,16H,2,7-8H2,1H3/b4-3+. The lowest BCUT2D eigenvalue weighted by molar-refractivity contribution is 0.730. The van der Waals surface area contributed by atoms with Gasteiger partial charge in [-0.25, -0.2) is 0 Å². The van der Waals surface area contributed by atoms with Crippen molar-refractivity contribution in [1.82, 2.24) is 5.32 Å². The molecule has 0 spiro atoms. The van der Waals surface area contributed by atoms with Crippen LogP contribution in [0.5, 0.6) is 0 Å². The van der Waals surface area contributed by atoms with E-state index in [1.807, 2.05) is 12.2 Å². The zero-order valence-electron chi connectivity index (χ0n) is 9.06. The molecule has 0 radical (unpaired) electrons. The minimum Gasteiger partial charge on any atom is -0.313 e. The fourth-order valence-electron chi connectivity index (χ4n) is 1.23. The molecule has 0 aliphatic rings. The highest BCUT2D eigenvalue weighted by molar-refractivity contribution is 6.44. The summed E-state index contributed by atoms with van der Waals surface area (Å²) in [6.45, 7) is 3.93. The molecule has 1 nitrogen and oxygen atoms in total. The van der Waals surface area contributed by atoms with Crippen molar-refractivity contribution in [3.63, 3.8) is 0 Å². The van der Waals surface area contributed by atoms with E-state index in [2.05, 4.69) is 12.2 Å². The van der Waals surface area contributed by atoms with Crippen molar-refractivity contribution in [1.29, 1.82) is 0 Å². The molecule has 16 heavy (non-hydrogen) atoms. The van der Waals surface area contributed by atoms with Gasteiger partial charge in [-0.05, 0) is 25.1 Å². The highest BCUT2D eigenvalue weighted by Gasteiger charge is 2.05. The van der Waals surface area contributed by atoms with Gasteiger partial charge in [0.1, 0.15) is 0 Å². The van der Waals surface area contributed by atoms with E-state index in [-0.39, 0.29) is 0 Å². The molecule has 0 heterocycles. The third-order valence-corrected chi connectivity index (χ3v) is 3.20. The largest absolute Gasteiger partial charge is 0.313 e. The van der Waals surface area contributed by atoms with E-state index in [9.17, 15) is 0 Å². The number of rotatable bonds is 5. The topological polar surface area (TPSA) is 12.0 Å². The lowest BCUT2D eigenvalue weighted by Crippen LogP contribution is -2.13. The Hall–Kier alpha value is -0.210. The van der Waals surface area contributed by atoms with Crippen LogP contribution >= 0.6 is 34.8 Å². The predicted octanol–water partition coefficient (Wildman–Crippen LogP) is 4.66. The van der Waals surface area contributed by atoms with Gasteiger partial charge in [-0.3, -0.25) is 0 Å². The Labute approximate surface area is 111 Å². The van der Waals surface area contributed by atoms with E-state index in [0.29, 0.717) is 15.1 Å². The second kappa shape index (κ2) is 7.18. The Bertz CT molecular complexity index is 375. The van der Waals surface area contributed by atoms with Crippen molar-refractivity contribution in [2.75, 3.05) is 13.1 Å². The predicted molar refractivity (Wildman–Crippen MR) is 73.7 cm³/mol. The van der Waals surface area contributed by atoms with Crippen LogP contribution in [0.3, 0.4) is 0 Å². The summed E-state index contributed by atoms with van der Waals surface area (Å²) < 4.78 is 0. The molecule has 0 bridgehead atoms. The van der Waals surface area contributed by atoms with E-state index in [0.717, 1.165) is 25.1 Å². The van der Waals surface area contributed by atoms with Gasteiger partial charge in [0.2, 0.25) is 0 Å². The van der Waals surface area contributed by atoms with Crippen LogP contribution in [-0.2, 0) is 0 Å². The number of benzene rings is 1. The monoisotopic (exact) mass is 277 g/mol. The summed E-state index contributed by atoms with van der Waals surface area (Å²) in [5.74, 6) is 0. The molecule has 0 aliphatic carbocycles. The van der Waals surface area contributed by atoms with Gasteiger partial charge in [0, 0.05) is 17.1 Å². The Morgan fingerprint density at radius 3 is 2.56 bits per heavy atom. The van der Waals surface area contributed by atoms with Crippen LogP contribution in [0.2, 0.25) is 15.1 Å². The molecule has 0 saturated carbocycles. The van der Waals surface area contributed by atoms with E-state index in [1.54, 1.807) is 12.1 Å². The fourth-order valence-corrected chi connectivity index (χ4v) is 1.90. The van der Waals surface area contributed by atoms with Gasteiger partial charge in [-0.2, -0.15) is 0 Å². The number of nitrogens with one attached hydrogen (secondary N) is 1. The van der Waals surface area contributed by atoms with Gasteiger partial charge in [0.25, 0.3) is 0 Å². The Morgan fingerprint density at radius 1 is 1.19 bits per heavy atom. The molecule has 0 saturated heterocycles. The van der Waals surface area contributed by atoms with Gasteiger partial charge < -0.3 is 5.32 Å². The first-order valence-corrected chi connectivity index (χ1v) is 6.31. The van der Waals surface area contributed by atoms with Crippen LogP contribution in [0.4, 0.5) is 0 Å². The van der Waals surface area contributed by atoms with E-state index in [1.165, 1.54) is 0 Å². The van der Waals surface area contributed by atoms with Gasteiger partial charge in [0.15, 0.2) is 0 Å². The summed E-state index contributed by atoms with van der Waals surface area (Å²) in [5, 5.41) is 4.89. The molecule has 1 N–H and O–H groups in total. The Morgan fingerprint density at radius 2 is 1.88 bits per heavy atom. The number of halogens is 3. The maximum Gasteiger partial charge on any atom is 0.0679 e. The number of hydrogen-bond acceptors (Lipinski definition) is 1. The van der Waals surface area contributed by atoms with Crippen LogP contribution < -0.4 is 5.32 Å². The van der Waals surface area contributed by atoms with Crippen molar-refractivity contribution in [3.05, 3.63) is 38.8 Å². The lowest BCUT2D eigenvalue weighted by Gasteiger charge is -2.03. The molecule has 1 aromatic carbocycles. The Balaban J connectivity index is 2.69. The summed E-state index contributed by atoms with van der Waals surface area (Å²) in [7, 11) is 0. The van der Waals surface area contributed by atoms with Crippen LogP contribution in [0, 0.1) is 0 Å². The first-order valence-electron chi connectivity index (χ1n) is 5.17. The molecule has 0 unspecified atom stereocenters. The molecule has 0 aliphatic heterocycles. The smallest absolute Gasteiger partial charge is 0.0679 e. The maximum absolute atomic E-state index is 6.05. The minimum absolute atomic E-state index is 0.501. The quantitative estimate of drug-likeness (QED) is 0.610. The summed E-state index contributed by atoms with van der Waals surface area (Å²) in [6, 6.07) is 3.44. The molecular weight excluding hydrogens is 264 g/mol. The molecular formula is C12H14Cl3N. The molecule has 0 amide bonds. The first-order chi connectivity index (χ1) is 7.66. The average Bonchev–Trinajstić information content (AvgIpc) is 2.28. The normalized spacial score (nSPS) is 11.2. The first kappa shape index (κ1) is 13.9. The SMILES string of the molecule is CCCNC/C=C/c1c(Cl)ccc(Cl)c1Cl. The van der Waals surface area contributed by atoms with Gasteiger partial charge in [-0.1, -0.05) is 53.9 Å². The minimum atomic E-state index is 0.501. The summed E-state index contributed by atoms with van der Waals surface area (Å²) in [5.41, 5.74) is 0.772. The molecule has 88 valence electrons. The maximum atomic E-state index is 6.05. The van der Waals surface area contributed by atoms with Gasteiger partial charge >= 0.3 is 0 Å². The third kappa shape index (κ3) is 3.99. The summed E-state index contributed by atoms with van der Waals surface area (Å²) in [4.78, 5) is 0. The molecule has 1 aromatic rings. The van der Waals surface area contributed by atoms with Crippen molar-refractivity contribution in [2.45, 2.75) is 13.3 Å². The molecule has 0 aromatic heterocycles. The van der Waals surface area contributed by atoms with Gasteiger partial charge in [-0.15, -0.1) is 0 Å². The highest BCUT2D eigenvalue weighted by atomic mass is 35.5. The van der Waals surface area contributed by atoms with Gasteiger partial charge in [0.05, 0.1) is 10.0 Å². The zero-order chi connectivity index (χ0) is 12.0. The molecule has 0 atom stereocenters. The average molecular weight is 279 g/mol.